The molecule has 0 amide bonds. The summed E-state index contributed by atoms with van der Waals surface area (Å²) in [6.07, 6.45) is 89.9. The van der Waals surface area contributed by atoms with Gasteiger partial charge in [0.05, 0.1) is 0 Å². The Kier molecular flexibility index (Phi) is 63.7. The van der Waals surface area contributed by atoms with Gasteiger partial charge in [-0.1, -0.05) is 304 Å². The van der Waals surface area contributed by atoms with E-state index >= 15 is 0 Å². The first-order chi connectivity index (χ1) is 39.0. The van der Waals surface area contributed by atoms with Crippen molar-refractivity contribution in [2.75, 3.05) is 13.2 Å². The topological polar surface area (TPSA) is 78.9 Å². The van der Waals surface area contributed by atoms with Gasteiger partial charge in [-0.15, -0.1) is 0 Å². The monoisotopic (exact) mass is 1100 g/mol. The standard InChI is InChI=1S/C73H126O6/c1-4-7-10-13-16-19-22-25-28-31-34-36-39-42-45-48-51-54-57-60-63-66-72(75)78-69-70(68-77-71(74)65-62-59-56-53-50-47-44-41-38-33-30-27-24-21-18-15-12-9-6-3)79-73(76)67-64-61-58-55-52-49-46-43-40-37-35-32-29-26-23-20-17-14-11-8-5-2/h7,10,16,19,23,25-26,28,32,34-36,42,45,51,54,70H,4-6,8-9,11-15,17-18,20-22,24,27,29-31,33,37-41,43-44,46-50,52-53,55-69H2,1-3H3/b10-7-,19-16-,26-23-,28-25-,35-32-,36-34-,45-42-,54-51-. The molecule has 0 radical (unpaired) electrons. The van der Waals surface area contributed by atoms with Gasteiger partial charge < -0.3 is 14.2 Å². The van der Waals surface area contributed by atoms with Gasteiger partial charge in [0.1, 0.15) is 13.2 Å². The number of esters is 3. The third kappa shape index (κ3) is 65.0. The molecule has 0 aliphatic carbocycles. The second-order valence-corrected chi connectivity index (χ2v) is 22.4. The summed E-state index contributed by atoms with van der Waals surface area (Å²) in [6, 6.07) is 0. The lowest BCUT2D eigenvalue weighted by atomic mass is 10.0. The zero-order valence-electron chi connectivity index (χ0n) is 52.1. The van der Waals surface area contributed by atoms with Gasteiger partial charge >= 0.3 is 17.9 Å². The van der Waals surface area contributed by atoms with Crippen molar-refractivity contribution < 1.29 is 28.6 Å². The molecule has 79 heavy (non-hydrogen) atoms. The maximum atomic E-state index is 12.9. The van der Waals surface area contributed by atoms with E-state index in [-0.39, 0.29) is 31.1 Å². The van der Waals surface area contributed by atoms with Gasteiger partial charge in [-0.2, -0.15) is 0 Å². The van der Waals surface area contributed by atoms with Crippen LogP contribution in [0.5, 0.6) is 0 Å². The number of carbonyl (C=O) groups excluding carboxylic acids is 3. The van der Waals surface area contributed by atoms with Crippen molar-refractivity contribution >= 4 is 17.9 Å². The molecule has 0 aromatic rings. The highest BCUT2D eigenvalue weighted by atomic mass is 16.6. The van der Waals surface area contributed by atoms with Crippen molar-refractivity contribution in [2.45, 2.75) is 335 Å². The normalized spacial score (nSPS) is 12.7. The molecule has 0 aliphatic rings. The van der Waals surface area contributed by atoms with Crippen LogP contribution in [0.25, 0.3) is 0 Å². The minimum Gasteiger partial charge on any atom is -0.462 e. The molecule has 0 heterocycles. The Morgan fingerprint density at radius 3 is 0.797 bits per heavy atom. The predicted molar refractivity (Wildman–Crippen MR) is 344 cm³/mol. The van der Waals surface area contributed by atoms with E-state index in [1.807, 2.05) is 0 Å². The minimum absolute atomic E-state index is 0.0907. The first-order valence-corrected chi connectivity index (χ1v) is 33.7. The van der Waals surface area contributed by atoms with Crippen molar-refractivity contribution in [3.63, 3.8) is 0 Å². The Morgan fingerprint density at radius 1 is 0.266 bits per heavy atom. The fourth-order valence-corrected chi connectivity index (χ4v) is 9.54. The number of ether oxygens (including phenoxy) is 3. The van der Waals surface area contributed by atoms with Crippen LogP contribution in [0.1, 0.15) is 329 Å². The van der Waals surface area contributed by atoms with Gasteiger partial charge in [-0.25, -0.2) is 0 Å². The second kappa shape index (κ2) is 66.8. The molecule has 0 saturated heterocycles. The summed E-state index contributed by atoms with van der Waals surface area (Å²) >= 11 is 0. The highest BCUT2D eigenvalue weighted by molar-refractivity contribution is 5.71. The third-order valence-electron chi connectivity index (χ3n) is 14.6. The smallest absolute Gasteiger partial charge is 0.306 e. The van der Waals surface area contributed by atoms with Crippen molar-refractivity contribution in [3.05, 3.63) is 97.2 Å². The molecular formula is C73H126O6. The predicted octanol–water partition coefficient (Wildman–Crippen LogP) is 23.2. The second-order valence-electron chi connectivity index (χ2n) is 22.4. The molecule has 0 aromatic heterocycles. The van der Waals surface area contributed by atoms with Crippen molar-refractivity contribution in [2.24, 2.45) is 0 Å². The van der Waals surface area contributed by atoms with Gasteiger partial charge in [0.25, 0.3) is 0 Å². The Balaban J connectivity index is 4.45. The molecule has 1 atom stereocenters. The summed E-state index contributed by atoms with van der Waals surface area (Å²) in [4.78, 5) is 38.4. The number of unbranched alkanes of at least 4 members (excludes halogenated alkanes) is 34. The molecule has 0 aliphatic heterocycles. The lowest BCUT2D eigenvalue weighted by molar-refractivity contribution is -0.167. The molecule has 0 bridgehead atoms. The first-order valence-electron chi connectivity index (χ1n) is 33.7. The average molecular weight is 1100 g/mol. The summed E-state index contributed by atoms with van der Waals surface area (Å²) in [7, 11) is 0. The van der Waals surface area contributed by atoms with E-state index in [0.717, 1.165) is 103 Å². The number of rotatable bonds is 61. The van der Waals surface area contributed by atoms with Gasteiger partial charge in [-0.3, -0.25) is 14.4 Å². The number of hydrogen-bond acceptors (Lipinski definition) is 6. The van der Waals surface area contributed by atoms with E-state index in [1.54, 1.807) is 0 Å². The van der Waals surface area contributed by atoms with Crippen LogP contribution in [-0.2, 0) is 28.6 Å². The zero-order chi connectivity index (χ0) is 57.1. The van der Waals surface area contributed by atoms with E-state index in [2.05, 4.69) is 118 Å². The largest absolute Gasteiger partial charge is 0.462 e. The van der Waals surface area contributed by atoms with E-state index < -0.39 is 6.10 Å². The maximum Gasteiger partial charge on any atom is 0.306 e. The number of allylic oxidation sites excluding steroid dienone is 16. The Hall–Kier alpha value is -3.67. The number of hydrogen-bond donors (Lipinski definition) is 0. The number of carbonyl (C=O) groups is 3. The summed E-state index contributed by atoms with van der Waals surface area (Å²) in [5.41, 5.74) is 0. The van der Waals surface area contributed by atoms with E-state index in [0.29, 0.717) is 19.3 Å². The molecule has 0 rings (SSSR count). The van der Waals surface area contributed by atoms with E-state index in [4.69, 9.17) is 14.2 Å². The molecule has 0 fully saturated rings. The van der Waals surface area contributed by atoms with Crippen LogP contribution in [0.15, 0.2) is 97.2 Å². The van der Waals surface area contributed by atoms with E-state index in [1.165, 1.54) is 186 Å². The Bertz CT molecular complexity index is 1540. The summed E-state index contributed by atoms with van der Waals surface area (Å²) in [6.45, 7) is 6.52. The van der Waals surface area contributed by atoms with Gasteiger partial charge in [-0.05, 0) is 103 Å². The highest BCUT2D eigenvalue weighted by Gasteiger charge is 2.19. The molecule has 0 saturated carbocycles. The quantitative estimate of drug-likeness (QED) is 0.0261. The minimum atomic E-state index is -0.799. The molecule has 0 spiro atoms. The van der Waals surface area contributed by atoms with Gasteiger partial charge in [0.2, 0.25) is 0 Å². The van der Waals surface area contributed by atoms with Crippen LogP contribution in [0.2, 0.25) is 0 Å². The lowest BCUT2D eigenvalue weighted by Crippen LogP contribution is -2.30. The fraction of sp³-hybridized carbons (Fsp3) is 0.740. The summed E-state index contributed by atoms with van der Waals surface area (Å²) in [5, 5.41) is 0. The Labute approximate surface area is 489 Å². The van der Waals surface area contributed by atoms with Crippen LogP contribution in [0.4, 0.5) is 0 Å². The Morgan fingerprint density at radius 2 is 0.494 bits per heavy atom. The molecule has 6 heteroatoms. The van der Waals surface area contributed by atoms with Crippen LogP contribution in [-0.4, -0.2) is 37.2 Å². The third-order valence-corrected chi connectivity index (χ3v) is 14.6. The van der Waals surface area contributed by atoms with Crippen molar-refractivity contribution in [3.8, 4) is 0 Å². The van der Waals surface area contributed by atoms with Crippen molar-refractivity contribution in [1.82, 2.24) is 0 Å². The molecule has 0 N–H and O–H groups in total. The van der Waals surface area contributed by atoms with Crippen LogP contribution in [0, 0.1) is 0 Å². The van der Waals surface area contributed by atoms with Gasteiger partial charge in [0.15, 0.2) is 6.10 Å². The first kappa shape index (κ1) is 75.3. The molecule has 0 aromatic carbocycles. The lowest BCUT2D eigenvalue weighted by Gasteiger charge is -2.18. The van der Waals surface area contributed by atoms with Gasteiger partial charge in [0, 0.05) is 19.3 Å². The summed E-state index contributed by atoms with van der Waals surface area (Å²) in [5.74, 6) is -0.925. The van der Waals surface area contributed by atoms with Crippen LogP contribution >= 0.6 is 0 Å². The molecule has 1 unspecified atom stereocenters. The molecular weight excluding hydrogens is 973 g/mol. The van der Waals surface area contributed by atoms with Crippen molar-refractivity contribution in [1.29, 1.82) is 0 Å². The molecule has 454 valence electrons. The molecule has 6 nitrogen and oxygen atoms in total. The average Bonchev–Trinajstić information content (AvgIpc) is 3.45. The maximum absolute atomic E-state index is 12.9. The fourth-order valence-electron chi connectivity index (χ4n) is 9.54. The SMILES string of the molecule is CC/C=C\C/C=C\C/C=C\C/C=C\C/C=C\C/C=C\CCCCC(=O)OCC(COC(=O)CCCCCCCCCCCCCCCCCCCCC)OC(=O)CCCCCCCCCCC/C=C\C/C=C\CCCCCCC. The summed E-state index contributed by atoms with van der Waals surface area (Å²) < 4.78 is 16.9. The van der Waals surface area contributed by atoms with Crippen LogP contribution < -0.4 is 0 Å². The zero-order valence-corrected chi connectivity index (χ0v) is 52.1. The highest BCUT2D eigenvalue weighted by Crippen LogP contribution is 2.17. The van der Waals surface area contributed by atoms with Crippen LogP contribution in [0.3, 0.4) is 0 Å². The van der Waals surface area contributed by atoms with E-state index in [9.17, 15) is 14.4 Å².